The van der Waals surface area contributed by atoms with Gasteiger partial charge in [0.2, 0.25) is 11.8 Å². The molecule has 2 rings (SSSR count). The van der Waals surface area contributed by atoms with Gasteiger partial charge in [-0.25, -0.2) is 0 Å². The number of nitrogens with one attached hydrogen (secondary N) is 2. The van der Waals surface area contributed by atoms with Gasteiger partial charge in [0.1, 0.15) is 0 Å². The van der Waals surface area contributed by atoms with Gasteiger partial charge in [0.05, 0.1) is 17.5 Å². The van der Waals surface area contributed by atoms with Crippen molar-refractivity contribution in [2.75, 3.05) is 6.54 Å². The Morgan fingerprint density at radius 2 is 1.95 bits per heavy atom. The Bertz CT molecular complexity index is 529. The highest BCUT2D eigenvalue weighted by atomic mass is 32.1. The summed E-state index contributed by atoms with van der Waals surface area (Å²) in [5, 5.41) is 5.41. The second-order valence-corrected chi connectivity index (χ2v) is 5.68. The molecule has 0 saturated heterocycles. The average molecular weight is 305 g/mol. The number of thiocarbonyl (C=S) groups is 1. The smallest absolute Gasteiger partial charge is 0.239 e. The van der Waals surface area contributed by atoms with Gasteiger partial charge in [0.15, 0.2) is 0 Å². The lowest BCUT2D eigenvalue weighted by Gasteiger charge is -2.15. The third-order valence-corrected chi connectivity index (χ3v) is 3.59. The summed E-state index contributed by atoms with van der Waals surface area (Å²) in [7, 11) is 0. The molecule has 0 spiro atoms. The fraction of sp³-hybridized carbons (Fsp3) is 0.400. The molecule has 21 heavy (non-hydrogen) atoms. The van der Waals surface area contributed by atoms with Crippen molar-refractivity contribution in [2.24, 2.45) is 11.7 Å². The lowest BCUT2D eigenvalue weighted by Crippen LogP contribution is -2.44. The zero-order valence-corrected chi connectivity index (χ0v) is 12.5. The second kappa shape index (κ2) is 7.17. The van der Waals surface area contributed by atoms with E-state index in [-0.39, 0.29) is 29.4 Å². The Morgan fingerprint density at radius 3 is 2.52 bits per heavy atom. The summed E-state index contributed by atoms with van der Waals surface area (Å²) in [5.41, 5.74) is 6.63. The van der Waals surface area contributed by atoms with Crippen molar-refractivity contribution in [3.63, 3.8) is 0 Å². The maximum atomic E-state index is 12.1. The van der Waals surface area contributed by atoms with Crippen LogP contribution in [0.5, 0.6) is 0 Å². The van der Waals surface area contributed by atoms with Crippen LogP contribution in [0.3, 0.4) is 0 Å². The van der Waals surface area contributed by atoms with Crippen molar-refractivity contribution in [1.82, 2.24) is 10.6 Å². The number of amides is 2. The Morgan fingerprint density at radius 1 is 1.29 bits per heavy atom. The predicted octanol–water partition coefficient (Wildman–Crippen LogP) is 0.526. The van der Waals surface area contributed by atoms with Crippen molar-refractivity contribution < 1.29 is 9.59 Å². The van der Waals surface area contributed by atoms with Crippen LogP contribution >= 0.6 is 12.2 Å². The van der Waals surface area contributed by atoms with E-state index in [4.69, 9.17) is 18.0 Å². The number of carbonyl (C=O) groups excluding carboxylic acids is 2. The third-order valence-electron chi connectivity index (χ3n) is 3.31. The fourth-order valence-electron chi connectivity index (χ4n) is 1.97. The van der Waals surface area contributed by atoms with Crippen LogP contribution in [0.1, 0.15) is 18.4 Å². The van der Waals surface area contributed by atoms with Gasteiger partial charge in [-0.15, -0.1) is 0 Å². The van der Waals surface area contributed by atoms with Gasteiger partial charge in [-0.05, 0) is 24.8 Å². The first-order valence-electron chi connectivity index (χ1n) is 6.96. The van der Waals surface area contributed by atoms with Gasteiger partial charge < -0.3 is 16.4 Å². The van der Waals surface area contributed by atoms with Crippen molar-refractivity contribution in [1.29, 1.82) is 0 Å². The van der Waals surface area contributed by atoms with Gasteiger partial charge in [-0.3, -0.25) is 9.59 Å². The first-order chi connectivity index (χ1) is 10.1. The second-order valence-electron chi connectivity index (χ2n) is 5.20. The number of rotatable bonds is 7. The summed E-state index contributed by atoms with van der Waals surface area (Å²) in [6.07, 6.45) is 2.47. The summed E-state index contributed by atoms with van der Waals surface area (Å²) < 4.78 is 0. The molecule has 1 aliphatic rings. The third kappa shape index (κ3) is 5.15. The Balaban J connectivity index is 1.86. The minimum absolute atomic E-state index is 0.0385. The molecule has 0 heterocycles. The standard InChI is InChI=1S/C15H19N3O2S/c16-14(21)12(8-10-4-2-1-3-5-10)15(20)17-9-13(19)18-11-6-7-11/h1-5,11-12H,6-9H2,(H2,16,21)(H,17,20)(H,18,19). The van der Waals surface area contributed by atoms with Crippen LogP contribution in [-0.2, 0) is 16.0 Å². The molecule has 1 unspecified atom stereocenters. The average Bonchev–Trinajstić information content (AvgIpc) is 3.27. The summed E-state index contributed by atoms with van der Waals surface area (Å²) in [6.45, 7) is -0.0385. The molecule has 1 fully saturated rings. The van der Waals surface area contributed by atoms with Crippen LogP contribution in [0.25, 0.3) is 0 Å². The molecule has 1 atom stereocenters. The molecule has 5 nitrogen and oxygen atoms in total. The molecule has 1 saturated carbocycles. The maximum absolute atomic E-state index is 12.1. The van der Waals surface area contributed by atoms with Gasteiger partial charge in [-0.1, -0.05) is 42.5 Å². The van der Waals surface area contributed by atoms with E-state index in [9.17, 15) is 9.59 Å². The molecular weight excluding hydrogens is 286 g/mol. The normalized spacial score (nSPS) is 15.0. The van der Waals surface area contributed by atoms with Gasteiger partial charge in [0, 0.05) is 6.04 Å². The first kappa shape index (κ1) is 15.4. The van der Waals surface area contributed by atoms with E-state index < -0.39 is 5.92 Å². The number of benzene rings is 1. The van der Waals surface area contributed by atoms with Crippen LogP contribution in [0, 0.1) is 5.92 Å². The van der Waals surface area contributed by atoms with Crippen LogP contribution < -0.4 is 16.4 Å². The number of carbonyl (C=O) groups is 2. The van der Waals surface area contributed by atoms with E-state index in [0.29, 0.717) is 6.42 Å². The quantitative estimate of drug-likeness (QED) is 0.642. The molecule has 1 aromatic rings. The molecule has 6 heteroatoms. The van der Waals surface area contributed by atoms with E-state index in [1.54, 1.807) is 0 Å². The molecule has 2 amide bonds. The minimum Gasteiger partial charge on any atom is -0.393 e. The van der Waals surface area contributed by atoms with Crippen molar-refractivity contribution in [3.05, 3.63) is 35.9 Å². The molecule has 1 aromatic carbocycles. The maximum Gasteiger partial charge on any atom is 0.239 e. The van der Waals surface area contributed by atoms with Crippen molar-refractivity contribution in [2.45, 2.75) is 25.3 Å². The first-order valence-corrected chi connectivity index (χ1v) is 7.37. The lowest BCUT2D eigenvalue weighted by atomic mass is 9.98. The highest BCUT2D eigenvalue weighted by molar-refractivity contribution is 7.80. The monoisotopic (exact) mass is 305 g/mol. The SMILES string of the molecule is NC(=S)C(Cc1ccccc1)C(=O)NCC(=O)NC1CC1. The molecule has 112 valence electrons. The summed E-state index contributed by atoms with van der Waals surface area (Å²) >= 11 is 4.97. The number of hydrogen-bond acceptors (Lipinski definition) is 3. The molecular formula is C15H19N3O2S. The van der Waals surface area contributed by atoms with Crippen molar-refractivity contribution in [3.8, 4) is 0 Å². The van der Waals surface area contributed by atoms with E-state index in [0.717, 1.165) is 18.4 Å². The minimum atomic E-state index is -0.601. The van der Waals surface area contributed by atoms with E-state index in [1.165, 1.54) is 0 Å². The van der Waals surface area contributed by atoms with E-state index in [1.807, 2.05) is 30.3 Å². The lowest BCUT2D eigenvalue weighted by molar-refractivity contribution is -0.127. The zero-order valence-electron chi connectivity index (χ0n) is 11.7. The zero-order chi connectivity index (χ0) is 15.2. The van der Waals surface area contributed by atoms with Crippen LogP contribution in [-0.4, -0.2) is 29.4 Å². The van der Waals surface area contributed by atoms with Crippen molar-refractivity contribution >= 4 is 29.0 Å². The largest absolute Gasteiger partial charge is 0.393 e. The van der Waals surface area contributed by atoms with Crippen LogP contribution in [0.15, 0.2) is 30.3 Å². The molecule has 1 aliphatic carbocycles. The highest BCUT2D eigenvalue weighted by Crippen LogP contribution is 2.18. The Kier molecular flexibility index (Phi) is 5.27. The molecule has 0 radical (unpaired) electrons. The van der Waals surface area contributed by atoms with Gasteiger partial charge in [0.25, 0.3) is 0 Å². The topological polar surface area (TPSA) is 84.2 Å². The Hall–Kier alpha value is -1.95. The number of nitrogens with two attached hydrogens (primary N) is 1. The molecule has 0 aromatic heterocycles. The van der Waals surface area contributed by atoms with Crippen LogP contribution in [0.2, 0.25) is 0 Å². The summed E-state index contributed by atoms with van der Waals surface area (Å²) in [5.74, 6) is -1.08. The van der Waals surface area contributed by atoms with Gasteiger partial charge >= 0.3 is 0 Å². The van der Waals surface area contributed by atoms with E-state index >= 15 is 0 Å². The molecule has 0 aliphatic heterocycles. The van der Waals surface area contributed by atoms with Crippen LogP contribution in [0.4, 0.5) is 0 Å². The summed E-state index contributed by atoms with van der Waals surface area (Å²) in [4.78, 5) is 23.8. The highest BCUT2D eigenvalue weighted by Gasteiger charge is 2.25. The van der Waals surface area contributed by atoms with E-state index in [2.05, 4.69) is 10.6 Å². The number of hydrogen-bond donors (Lipinski definition) is 3. The molecule has 4 N–H and O–H groups in total. The predicted molar refractivity (Wildman–Crippen MR) is 84.6 cm³/mol. The summed E-state index contributed by atoms with van der Waals surface area (Å²) in [6, 6.07) is 9.81. The molecule has 0 bridgehead atoms. The Labute approximate surface area is 129 Å². The fourth-order valence-corrected chi connectivity index (χ4v) is 2.16. The van der Waals surface area contributed by atoms with Gasteiger partial charge in [-0.2, -0.15) is 0 Å².